The Kier molecular flexibility index (Phi) is 3.99. The number of rotatable bonds is 3. The predicted octanol–water partition coefficient (Wildman–Crippen LogP) is 4.69. The van der Waals surface area contributed by atoms with Crippen LogP contribution < -0.4 is 0 Å². The van der Waals surface area contributed by atoms with Gasteiger partial charge in [0.05, 0.1) is 4.92 Å². The molecule has 0 amide bonds. The van der Waals surface area contributed by atoms with Gasteiger partial charge in [0.15, 0.2) is 0 Å². The van der Waals surface area contributed by atoms with Gasteiger partial charge < -0.3 is 0 Å². The summed E-state index contributed by atoms with van der Waals surface area (Å²) >= 11 is 0. The molecule has 2 rings (SSSR count). The topological polar surface area (TPSA) is 43.1 Å². The third-order valence-electron chi connectivity index (χ3n) is 3.43. The van der Waals surface area contributed by atoms with E-state index in [0.717, 1.165) is 11.1 Å². The molecule has 0 aliphatic rings. The van der Waals surface area contributed by atoms with Crippen molar-refractivity contribution in [3.63, 3.8) is 0 Å². The van der Waals surface area contributed by atoms with Gasteiger partial charge in [-0.05, 0) is 43.0 Å². The van der Waals surface area contributed by atoms with E-state index in [1.807, 2.05) is 24.3 Å². The standard InChI is InChI=1S/C17H17NO2/c1-12-4-6-15(10-14(12)3)8-9-16-7-5-13(2)17(11-16)18(19)20/h4-11H,1-3H3/b9-8-. The number of hydrogen-bond donors (Lipinski definition) is 0. The van der Waals surface area contributed by atoms with Crippen molar-refractivity contribution in [2.75, 3.05) is 0 Å². The lowest BCUT2D eigenvalue weighted by molar-refractivity contribution is -0.385. The lowest BCUT2D eigenvalue weighted by atomic mass is 10.0. The first-order valence-electron chi connectivity index (χ1n) is 6.48. The van der Waals surface area contributed by atoms with Crippen LogP contribution in [-0.4, -0.2) is 4.92 Å². The summed E-state index contributed by atoms with van der Waals surface area (Å²) in [6.07, 6.45) is 3.87. The zero-order valence-electron chi connectivity index (χ0n) is 11.9. The Hall–Kier alpha value is -2.42. The van der Waals surface area contributed by atoms with Gasteiger partial charge >= 0.3 is 0 Å². The minimum Gasteiger partial charge on any atom is -0.258 e. The molecule has 0 radical (unpaired) electrons. The van der Waals surface area contributed by atoms with Crippen molar-refractivity contribution in [1.82, 2.24) is 0 Å². The fourth-order valence-corrected chi connectivity index (χ4v) is 1.99. The molecule has 2 aromatic rings. The first-order chi connectivity index (χ1) is 9.47. The Morgan fingerprint density at radius 1 is 0.850 bits per heavy atom. The molecular formula is C17H17NO2. The number of nitro groups is 1. The highest BCUT2D eigenvalue weighted by Gasteiger charge is 2.09. The molecule has 0 atom stereocenters. The molecule has 0 saturated heterocycles. The fraction of sp³-hybridized carbons (Fsp3) is 0.176. The molecule has 0 fully saturated rings. The number of nitro benzene ring substituents is 1. The van der Waals surface area contributed by atoms with E-state index in [0.29, 0.717) is 5.56 Å². The van der Waals surface area contributed by atoms with Gasteiger partial charge in [0.2, 0.25) is 0 Å². The van der Waals surface area contributed by atoms with Crippen molar-refractivity contribution in [2.45, 2.75) is 20.8 Å². The van der Waals surface area contributed by atoms with E-state index >= 15 is 0 Å². The van der Waals surface area contributed by atoms with E-state index in [1.54, 1.807) is 19.1 Å². The number of hydrogen-bond acceptors (Lipinski definition) is 2. The van der Waals surface area contributed by atoms with Crippen LogP contribution in [0.3, 0.4) is 0 Å². The van der Waals surface area contributed by atoms with Gasteiger partial charge in [0.25, 0.3) is 5.69 Å². The van der Waals surface area contributed by atoms with Gasteiger partial charge in [-0.15, -0.1) is 0 Å². The lowest BCUT2D eigenvalue weighted by Gasteiger charge is -2.01. The largest absolute Gasteiger partial charge is 0.272 e. The van der Waals surface area contributed by atoms with Gasteiger partial charge in [-0.2, -0.15) is 0 Å². The van der Waals surface area contributed by atoms with Crippen LogP contribution in [0.15, 0.2) is 36.4 Å². The molecule has 0 unspecified atom stereocenters. The molecule has 2 aromatic carbocycles. The summed E-state index contributed by atoms with van der Waals surface area (Å²) in [5.74, 6) is 0. The third-order valence-corrected chi connectivity index (χ3v) is 3.43. The maximum absolute atomic E-state index is 10.9. The lowest BCUT2D eigenvalue weighted by Crippen LogP contribution is -1.91. The van der Waals surface area contributed by atoms with Crippen molar-refractivity contribution in [3.05, 3.63) is 74.3 Å². The molecule has 0 saturated carbocycles. The average molecular weight is 267 g/mol. The molecule has 0 aliphatic carbocycles. The van der Waals surface area contributed by atoms with E-state index in [4.69, 9.17) is 0 Å². The number of nitrogens with zero attached hydrogens (tertiary/aromatic N) is 1. The molecule has 0 aromatic heterocycles. The molecule has 0 aliphatic heterocycles. The Balaban J connectivity index is 2.29. The second-order valence-electron chi connectivity index (χ2n) is 4.98. The molecule has 0 bridgehead atoms. The van der Waals surface area contributed by atoms with Crippen LogP contribution in [-0.2, 0) is 0 Å². The Labute approximate surface area is 118 Å². The van der Waals surface area contributed by atoms with Crippen molar-refractivity contribution < 1.29 is 4.92 Å². The van der Waals surface area contributed by atoms with Crippen LogP contribution in [0.2, 0.25) is 0 Å². The molecule has 0 heterocycles. The van der Waals surface area contributed by atoms with E-state index in [2.05, 4.69) is 26.0 Å². The molecule has 102 valence electrons. The summed E-state index contributed by atoms with van der Waals surface area (Å²) in [7, 11) is 0. The van der Waals surface area contributed by atoms with E-state index < -0.39 is 0 Å². The second-order valence-corrected chi connectivity index (χ2v) is 4.98. The van der Waals surface area contributed by atoms with E-state index in [9.17, 15) is 10.1 Å². The van der Waals surface area contributed by atoms with Crippen LogP contribution in [0.4, 0.5) is 5.69 Å². The molecule has 3 nitrogen and oxygen atoms in total. The monoisotopic (exact) mass is 267 g/mol. The average Bonchev–Trinajstić information content (AvgIpc) is 2.41. The first-order valence-corrected chi connectivity index (χ1v) is 6.48. The predicted molar refractivity (Wildman–Crippen MR) is 82.7 cm³/mol. The van der Waals surface area contributed by atoms with Crippen molar-refractivity contribution in [2.24, 2.45) is 0 Å². The fourth-order valence-electron chi connectivity index (χ4n) is 1.99. The van der Waals surface area contributed by atoms with Crippen LogP contribution in [0, 0.1) is 30.9 Å². The summed E-state index contributed by atoms with van der Waals surface area (Å²) in [5.41, 5.74) is 5.26. The van der Waals surface area contributed by atoms with Crippen LogP contribution >= 0.6 is 0 Å². The van der Waals surface area contributed by atoms with Gasteiger partial charge in [-0.25, -0.2) is 0 Å². The summed E-state index contributed by atoms with van der Waals surface area (Å²) in [4.78, 5) is 10.6. The molecule has 3 heteroatoms. The van der Waals surface area contributed by atoms with Crippen molar-refractivity contribution in [3.8, 4) is 0 Å². The SMILES string of the molecule is Cc1ccc(/C=C\c2ccc(C)c([N+](=O)[O-])c2)cc1C. The second kappa shape index (κ2) is 5.70. The minimum absolute atomic E-state index is 0.159. The van der Waals surface area contributed by atoms with Gasteiger partial charge in [0.1, 0.15) is 0 Å². The van der Waals surface area contributed by atoms with E-state index in [-0.39, 0.29) is 10.6 Å². The molecule has 20 heavy (non-hydrogen) atoms. The van der Waals surface area contributed by atoms with Crippen LogP contribution in [0.5, 0.6) is 0 Å². The maximum atomic E-state index is 10.9. The smallest absolute Gasteiger partial charge is 0.258 e. The van der Waals surface area contributed by atoms with Gasteiger partial charge in [-0.3, -0.25) is 10.1 Å². The zero-order chi connectivity index (χ0) is 14.7. The normalized spacial score (nSPS) is 10.9. The Morgan fingerprint density at radius 3 is 1.95 bits per heavy atom. The minimum atomic E-state index is -0.345. The third kappa shape index (κ3) is 3.12. The molecular weight excluding hydrogens is 250 g/mol. The quantitative estimate of drug-likeness (QED) is 0.460. The Bertz CT molecular complexity index is 687. The summed E-state index contributed by atoms with van der Waals surface area (Å²) in [5, 5.41) is 10.9. The van der Waals surface area contributed by atoms with Crippen LogP contribution in [0.25, 0.3) is 12.2 Å². The first kappa shape index (κ1) is 14.0. The zero-order valence-corrected chi connectivity index (χ0v) is 11.9. The maximum Gasteiger partial charge on any atom is 0.272 e. The Morgan fingerprint density at radius 2 is 1.40 bits per heavy atom. The summed E-state index contributed by atoms with van der Waals surface area (Å²) in [6, 6.07) is 11.5. The highest BCUT2D eigenvalue weighted by molar-refractivity contribution is 5.71. The molecule has 0 N–H and O–H groups in total. The summed E-state index contributed by atoms with van der Waals surface area (Å²) in [6.45, 7) is 5.89. The van der Waals surface area contributed by atoms with Gasteiger partial charge in [-0.1, -0.05) is 42.5 Å². The van der Waals surface area contributed by atoms with Crippen molar-refractivity contribution in [1.29, 1.82) is 0 Å². The summed E-state index contributed by atoms with van der Waals surface area (Å²) < 4.78 is 0. The highest BCUT2D eigenvalue weighted by atomic mass is 16.6. The van der Waals surface area contributed by atoms with Gasteiger partial charge in [0, 0.05) is 11.6 Å². The highest BCUT2D eigenvalue weighted by Crippen LogP contribution is 2.21. The number of benzene rings is 2. The van der Waals surface area contributed by atoms with Crippen molar-refractivity contribution >= 4 is 17.8 Å². The number of aryl methyl sites for hydroxylation is 3. The van der Waals surface area contributed by atoms with Crippen LogP contribution in [0.1, 0.15) is 27.8 Å². The van der Waals surface area contributed by atoms with E-state index in [1.165, 1.54) is 11.1 Å². The molecule has 0 spiro atoms.